The van der Waals surface area contributed by atoms with Crippen LogP contribution in [0.15, 0.2) is 12.3 Å². The van der Waals surface area contributed by atoms with Gasteiger partial charge in [0.1, 0.15) is 0 Å². The number of aromatic nitrogens is 2. The molecule has 0 aliphatic rings. The van der Waals surface area contributed by atoms with Gasteiger partial charge in [-0.2, -0.15) is 0 Å². The smallest absolute Gasteiger partial charge is 0.222 e. The second-order valence-electron chi connectivity index (χ2n) is 2.45. The zero-order chi connectivity index (χ0) is 8.55. The third kappa shape index (κ3) is 1.30. The van der Waals surface area contributed by atoms with Crippen LogP contribution >= 0.6 is 22.9 Å². The van der Waals surface area contributed by atoms with Crippen molar-refractivity contribution in [2.24, 2.45) is 0 Å². The van der Waals surface area contributed by atoms with Gasteiger partial charge in [-0.3, -0.25) is 0 Å². The molecule has 0 spiro atoms. The maximum absolute atomic E-state index is 5.65. The lowest BCUT2D eigenvalue weighted by atomic mass is 10.3. The largest absolute Gasteiger partial charge is 0.225 e. The highest BCUT2D eigenvalue weighted by Gasteiger charge is 2.01. The molecule has 0 aliphatic carbocycles. The molecule has 0 aliphatic heterocycles. The fourth-order valence-corrected chi connectivity index (χ4v) is 2.09. The molecule has 0 amide bonds. The quantitative estimate of drug-likeness (QED) is 0.659. The number of fused-ring (bicyclic) bond motifs is 1. The normalized spacial score (nSPS) is 10.8. The van der Waals surface area contributed by atoms with Crippen LogP contribution in [0.2, 0.25) is 5.28 Å². The number of hydrogen-bond donors (Lipinski definition) is 0. The Balaban J connectivity index is 2.67. The second kappa shape index (κ2) is 2.99. The summed E-state index contributed by atoms with van der Waals surface area (Å²) in [6.45, 7) is 2.12. The van der Waals surface area contributed by atoms with Crippen LogP contribution in [0.4, 0.5) is 0 Å². The Labute approximate surface area is 79.2 Å². The summed E-state index contributed by atoms with van der Waals surface area (Å²) in [6, 6.07) is 2.06. The molecule has 4 heteroatoms. The first-order valence-corrected chi connectivity index (χ1v) is 4.90. The Morgan fingerprint density at radius 3 is 3.17 bits per heavy atom. The van der Waals surface area contributed by atoms with E-state index in [2.05, 4.69) is 23.0 Å². The van der Waals surface area contributed by atoms with Crippen molar-refractivity contribution >= 4 is 33.2 Å². The lowest BCUT2D eigenvalue weighted by Gasteiger charge is -1.86. The number of halogens is 1. The lowest BCUT2D eigenvalue weighted by Crippen LogP contribution is -1.78. The molecule has 2 heterocycles. The van der Waals surface area contributed by atoms with Crippen molar-refractivity contribution in [2.75, 3.05) is 0 Å². The van der Waals surface area contributed by atoms with Crippen LogP contribution in [-0.2, 0) is 6.42 Å². The van der Waals surface area contributed by atoms with Crippen molar-refractivity contribution < 1.29 is 0 Å². The van der Waals surface area contributed by atoms with Gasteiger partial charge < -0.3 is 0 Å². The van der Waals surface area contributed by atoms with Crippen molar-refractivity contribution in [1.82, 2.24) is 9.97 Å². The van der Waals surface area contributed by atoms with Crippen molar-refractivity contribution in [3.05, 3.63) is 22.4 Å². The van der Waals surface area contributed by atoms with Crippen LogP contribution in [0.25, 0.3) is 10.2 Å². The minimum absolute atomic E-state index is 0.322. The van der Waals surface area contributed by atoms with Crippen molar-refractivity contribution in [3.63, 3.8) is 0 Å². The van der Waals surface area contributed by atoms with Gasteiger partial charge in [0.05, 0.1) is 10.2 Å². The molecular formula is C8H7ClN2S. The van der Waals surface area contributed by atoms with Gasteiger partial charge in [0.25, 0.3) is 0 Å². The first kappa shape index (κ1) is 7.95. The van der Waals surface area contributed by atoms with E-state index in [0.717, 1.165) is 16.6 Å². The van der Waals surface area contributed by atoms with Crippen molar-refractivity contribution in [1.29, 1.82) is 0 Å². The van der Waals surface area contributed by atoms with Gasteiger partial charge in [0.2, 0.25) is 5.28 Å². The maximum Gasteiger partial charge on any atom is 0.222 e. The highest BCUT2D eigenvalue weighted by Crippen LogP contribution is 2.24. The third-order valence-corrected chi connectivity index (χ3v) is 3.03. The fraction of sp³-hybridized carbons (Fsp3) is 0.250. The Morgan fingerprint density at radius 1 is 1.58 bits per heavy atom. The number of nitrogens with zero attached hydrogens (tertiary/aromatic N) is 2. The van der Waals surface area contributed by atoms with Gasteiger partial charge in [-0.05, 0) is 24.1 Å². The standard InChI is InChI=1S/C8H7ClN2S/c1-2-5-3-6-7(12-5)4-10-8(9)11-6/h3-4H,2H2,1H3. The van der Waals surface area contributed by atoms with Crippen LogP contribution in [0.3, 0.4) is 0 Å². The van der Waals surface area contributed by atoms with Gasteiger partial charge in [-0.25, -0.2) is 9.97 Å². The van der Waals surface area contributed by atoms with Gasteiger partial charge in [0, 0.05) is 11.1 Å². The Hall–Kier alpha value is -0.670. The molecule has 62 valence electrons. The second-order valence-corrected chi connectivity index (χ2v) is 3.96. The van der Waals surface area contributed by atoms with E-state index in [4.69, 9.17) is 11.6 Å². The Kier molecular flexibility index (Phi) is 1.98. The summed E-state index contributed by atoms with van der Waals surface area (Å²) in [4.78, 5) is 9.35. The van der Waals surface area contributed by atoms with E-state index in [1.807, 2.05) is 0 Å². The molecule has 0 unspecified atom stereocenters. The highest BCUT2D eigenvalue weighted by atomic mass is 35.5. The van der Waals surface area contributed by atoms with E-state index < -0.39 is 0 Å². The molecule has 0 bridgehead atoms. The summed E-state index contributed by atoms with van der Waals surface area (Å²) in [5.41, 5.74) is 0.955. The monoisotopic (exact) mass is 198 g/mol. The molecule has 0 fully saturated rings. The molecule has 0 saturated carbocycles. The van der Waals surface area contributed by atoms with Crippen LogP contribution in [0, 0.1) is 0 Å². The SMILES string of the molecule is CCc1cc2nc(Cl)ncc2s1. The van der Waals surface area contributed by atoms with E-state index in [1.165, 1.54) is 4.88 Å². The maximum atomic E-state index is 5.65. The summed E-state index contributed by atoms with van der Waals surface area (Å²) in [6.07, 6.45) is 2.81. The van der Waals surface area contributed by atoms with Crippen LogP contribution in [-0.4, -0.2) is 9.97 Å². The van der Waals surface area contributed by atoms with Gasteiger partial charge in [-0.1, -0.05) is 6.92 Å². The van der Waals surface area contributed by atoms with Gasteiger partial charge in [-0.15, -0.1) is 11.3 Å². The molecule has 2 rings (SSSR count). The van der Waals surface area contributed by atoms with Crippen LogP contribution in [0.5, 0.6) is 0 Å². The molecule has 0 radical (unpaired) electrons. The zero-order valence-corrected chi connectivity index (χ0v) is 8.11. The summed E-state index contributed by atoms with van der Waals surface area (Å²) in [5.74, 6) is 0. The summed E-state index contributed by atoms with van der Waals surface area (Å²) < 4.78 is 1.11. The highest BCUT2D eigenvalue weighted by molar-refractivity contribution is 7.18. The minimum atomic E-state index is 0.322. The van der Waals surface area contributed by atoms with Crippen molar-refractivity contribution in [3.8, 4) is 0 Å². The zero-order valence-electron chi connectivity index (χ0n) is 6.54. The molecule has 2 nitrogen and oxygen atoms in total. The van der Waals surface area contributed by atoms with E-state index >= 15 is 0 Å². The van der Waals surface area contributed by atoms with Gasteiger partial charge >= 0.3 is 0 Å². The first-order chi connectivity index (χ1) is 5.79. The fourth-order valence-electron chi connectivity index (χ4n) is 1.04. The molecule has 12 heavy (non-hydrogen) atoms. The molecular weight excluding hydrogens is 192 g/mol. The average Bonchev–Trinajstić information content (AvgIpc) is 2.46. The average molecular weight is 199 g/mol. The molecule has 2 aromatic rings. The molecule has 0 atom stereocenters. The van der Waals surface area contributed by atoms with Crippen LogP contribution in [0.1, 0.15) is 11.8 Å². The predicted molar refractivity (Wildman–Crippen MR) is 51.8 cm³/mol. The van der Waals surface area contributed by atoms with Crippen LogP contribution < -0.4 is 0 Å². The number of rotatable bonds is 1. The first-order valence-electron chi connectivity index (χ1n) is 3.70. The predicted octanol–water partition coefficient (Wildman–Crippen LogP) is 2.91. The topological polar surface area (TPSA) is 25.8 Å². The molecule has 2 aromatic heterocycles. The molecule has 0 aromatic carbocycles. The van der Waals surface area contributed by atoms with E-state index in [0.29, 0.717) is 5.28 Å². The summed E-state index contributed by atoms with van der Waals surface area (Å²) >= 11 is 7.38. The molecule has 0 saturated heterocycles. The van der Waals surface area contributed by atoms with Gasteiger partial charge in [0.15, 0.2) is 0 Å². The molecule has 0 N–H and O–H groups in total. The lowest BCUT2D eigenvalue weighted by molar-refractivity contribution is 1.18. The number of hydrogen-bond acceptors (Lipinski definition) is 3. The third-order valence-electron chi connectivity index (χ3n) is 1.64. The van der Waals surface area contributed by atoms with E-state index in [9.17, 15) is 0 Å². The Morgan fingerprint density at radius 2 is 2.42 bits per heavy atom. The number of thiophene rings is 1. The summed E-state index contributed by atoms with van der Waals surface area (Å²) in [7, 11) is 0. The Bertz CT molecular complexity index is 410. The van der Waals surface area contributed by atoms with E-state index in [1.54, 1.807) is 17.5 Å². The van der Waals surface area contributed by atoms with E-state index in [-0.39, 0.29) is 0 Å². The number of aryl methyl sites for hydroxylation is 1. The summed E-state index contributed by atoms with van der Waals surface area (Å²) in [5, 5.41) is 0.322. The minimum Gasteiger partial charge on any atom is -0.225 e. The van der Waals surface area contributed by atoms with Crippen molar-refractivity contribution in [2.45, 2.75) is 13.3 Å².